The molecule has 0 spiro atoms. The van der Waals surface area contributed by atoms with Gasteiger partial charge in [0.1, 0.15) is 6.33 Å². The van der Waals surface area contributed by atoms with E-state index in [1.165, 1.54) is 15.6 Å². The molecule has 0 amide bonds. The Kier molecular flexibility index (Phi) is 2.18. The van der Waals surface area contributed by atoms with Crippen molar-refractivity contribution in [1.29, 1.82) is 0 Å². The van der Waals surface area contributed by atoms with E-state index in [-0.39, 0.29) is 5.69 Å². The first-order valence-corrected chi connectivity index (χ1v) is 4.33. The minimum Gasteiger partial charge on any atom is -0.285 e. The fourth-order valence-electron chi connectivity index (χ4n) is 1.20. The predicted octanol–water partition coefficient (Wildman–Crippen LogP) is -0.522. The highest BCUT2D eigenvalue weighted by Crippen LogP contribution is 1.86. The topological polar surface area (TPSA) is 57.6 Å². The minimum atomic E-state index is -0.0999. The van der Waals surface area contributed by atoms with Crippen molar-refractivity contribution in [2.24, 2.45) is 7.05 Å². The Morgan fingerprint density at radius 1 is 1.36 bits per heavy atom. The van der Waals surface area contributed by atoms with Crippen molar-refractivity contribution < 1.29 is 0 Å². The highest BCUT2D eigenvalue weighted by molar-refractivity contribution is 4.77. The Hall–Kier alpha value is -1.85. The van der Waals surface area contributed by atoms with Gasteiger partial charge >= 0.3 is 5.69 Å². The van der Waals surface area contributed by atoms with Gasteiger partial charge in [0.25, 0.3) is 0 Å². The molecule has 0 aliphatic carbocycles. The zero-order valence-electron chi connectivity index (χ0n) is 7.87. The van der Waals surface area contributed by atoms with Gasteiger partial charge in [-0.1, -0.05) is 0 Å². The second-order valence-electron chi connectivity index (χ2n) is 3.02. The van der Waals surface area contributed by atoms with E-state index in [4.69, 9.17) is 0 Å². The molecule has 0 atom stereocenters. The van der Waals surface area contributed by atoms with Crippen molar-refractivity contribution in [2.45, 2.75) is 13.1 Å². The van der Waals surface area contributed by atoms with Crippen molar-refractivity contribution >= 4 is 0 Å². The Morgan fingerprint density at radius 3 is 2.79 bits per heavy atom. The number of hydrogen-bond donors (Lipinski definition) is 0. The van der Waals surface area contributed by atoms with Crippen LogP contribution in [0.4, 0.5) is 0 Å². The van der Waals surface area contributed by atoms with Crippen molar-refractivity contribution in [2.75, 3.05) is 0 Å². The molecule has 2 rings (SSSR count). The first kappa shape index (κ1) is 8.74. The summed E-state index contributed by atoms with van der Waals surface area (Å²) in [5, 5.41) is 7.98. The van der Waals surface area contributed by atoms with E-state index in [2.05, 4.69) is 10.2 Å². The summed E-state index contributed by atoms with van der Waals surface area (Å²) in [6.07, 6.45) is 5.07. The average Bonchev–Trinajstić information content (AvgIpc) is 2.77. The lowest BCUT2D eigenvalue weighted by Gasteiger charge is -1.99. The quantitative estimate of drug-likeness (QED) is 0.659. The molecule has 0 aromatic carbocycles. The van der Waals surface area contributed by atoms with Crippen molar-refractivity contribution in [3.8, 4) is 0 Å². The summed E-state index contributed by atoms with van der Waals surface area (Å²) >= 11 is 0. The molecule has 0 saturated heterocycles. The summed E-state index contributed by atoms with van der Waals surface area (Å²) in [5.74, 6) is 0. The monoisotopic (exact) mass is 193 g/mol. The third-order valence-corrected chi connectivity index (χ3v) is 1.99. The molecular weight excluding hydrogens is 182 g/mol. The van der Waals surface area contributed by atoms with Crippen LogP contribution in [0.1, 0.15) is 0 Å². The molecule has 6 heteroatoms. The number of hydrogen-bond acceptors (Lipinski definition) is 3. The van der Waals surface area contributed by atoms with Gasteiger partial charge < -0.3 is 0 Å². The van der Waals surface area contributed by atoms with Crippen LogP contribution in [0.15, 0.2) is 29.6 Å². The number of rotatable bonds is 3. The molecule has 0 bridgehead atoms. The number of aryl methyl sites for hydroxylation is 3. The van der Waals surface area contributed by atoms with Gasteiger partial charge in [-0.25, -0.2) is 9.48 Å². The Bertz CT molecular complexity index is 452. The molecule has 14 heavy (non-hydrogen) atoms. The Labute approximate surface area is 80.4 Å². The number of nitrogens with zero attached hydrogens (tertiary/aromatic N) is 5. The van der Waals surface area contributed by atoms with Gasteiger partial charge in [-0.05, 0) is 6.07 Å². The molecule has 0 N–H and O–H groups in total. The lowest BCUT2D eigenvalue weighted by molar-refractivity contribution is 0.486. The summed E-state index contributed by atoms with van der Waals surface area (Å²) in [6.45, 7) is 1.20. The van der Waals surface area contributed by atoms with E-state index in [9.17, 15) is 4.79 Å². The molecule has 6 nitrogen and oxygen atoms in total. The molecule has 0 aliphatic heterocycles. The van der Waals surface area contributed by atoms with Gasteiger partial charge in [-0.2, -0.15) is 10.2 Å². The maximum absolute atomic E-state index is 11.4. The minimum absolute atomic E-state index is 0.0999. The lowest BCUT2D eigenvalue weighted by Crippen LogP contribution is -2.24. The van der Waals surface area contributed by atoms with E-state index in [0.29, 0.717) is 13.1 Å². The zero-order valence-corrected chi connectivity index (χ0v) is 7.87. The lowest BCUT2D eigenvalue weighted by atomic mass is 10.6. The second-order valence-corrected chi connectivity index (χ2v) is 3.02. The Morgan fingerprint density at radius 2 is 2.21 bits per heavy atom. The third kappa shape index (κ3) is 1.59. The average molecular weight is 193 g/mol. The smallest absolute Gasteiger partial charge is 0.285 e. The van der Waals surface area contributed by atoms with Crippen LogP contribution in [0.2, 0.25) is 0 Å². The largest absolute Gasteiger partial charge is 0.345 e. The van der Waals surface area contributed by atoms with Crippen molar-refractivity contribution in [3.05, 3.63) is 35.3 Å². The fourth-order valence-corrected chi connectivity index (χ4v) is 1.20. The van der Waals surface area contributed by atoms with E-state index >= 15 is 0 Å². The van der Waals surface area contributed by atoms with Gasteiger partial charge in [-0.3, -0.25) is 9.25 Å². The molecule has 0 saturated carbocycles. The zero-order chi connectivity index (χ0) is 9.97. The van der Waals surface area contributed by atoms with E-state index in [1.54, 1.807) is 17.9 Å². The molecule has 0 radical (unpaired) electrons. The van der Waals surface area contributed by atoms with Crippen LogP contribution in [0.5, 0.6) is 0 Å². The van der Waals surface area contributed by atoms with Gasteiger partial charge in [0, 0.05) is 19.4 Å². The van der Waals surface area contributed by atoms with E-state index < -0.39 is 0 Å². The second kappa shape index (κ2) is 3.49. The molecule has 2 aromatic rings. The first-order valence-electron chi connectivity index (χ1n) is 4.33. The highest BCUT2D eigenvalue weighted by atomic mass is 16.2. The van der Waals surface area contributed by atoms with Crippen LogP contribution >= 0.6 is 0 Å². The van der Waals surface area contributed by atoms with Gasteiger partial charge in [-0.15, -0.1) is 0 Å². The molecular formula is C8H11N5O. The first-order chi connectivity index (χ1) is 6.77. The highest BCUT2D eigenvalue weighted by Gasteiger charge is 2.00. The van der Waals surface area contributed by atoms with Crippen molar-refractivity contribution in [1.82, 2.24) is 24.1 Å². The van der Waals surface area contributed by atoms with Crippen LogP contribution in [0.3, 0.4) is 0 Å². The maximum Gasteiger partial charge on any atom is 0.345 e. The number of aromatic nitrogens is 5. The van der Waals surface area contributed by atoms with E-state index in [1.807, 2.05) is 12.3 Å². The summed E-state index contributed by atoms with van der Waals surface area (Å²) in [7, 11) is 1.68. The van der Waals surface area contributed by atoms with Crippen LogP contribution in [-0.4, -0.2) is 24.1 Å². The molecule has 0 aliphatic rings. The van der Waals surface area contributed by atoms with Crippen LogP contribution in [0.25, 0.3) is 0 Å². The van der Waals surface area contributed by atoms with Crippen molar-refractivity contribution in [3.63, 3.8) is 0 Å². The fraction of sp³-hybridized carbons (Fsp3) is 0.375. The van der Waals surface area contributed by atoms with Crippen LogP contribution in [-0.2, 0) is 20.1 Å². The molecule has 2 aromatic heterocycles. The molecule has 2 heterocycles. The normalized spacial score (nSPS) is 10.6. The van der Waals surface area contributed by atoms with E-state index in [0.717, 1.165) is 0 Å². The standard InChI is InChI=1S/C8H11N5O/c1-11-7-10-13(8(11)14)6-5-12-4-2-3-9-12/h2-4,7H,5-6H2,1H3. The van der Waals surface area contributed by atoms with Gasteiger partial charge in [0.15, 0.2) is 0 Å². The van der Waals surface area contributed by atoms with Crippen LogP contribution < -0.4 is 5.69 Å². The summed E-state index contributed by atoms with van der Waals surface area (Å²) in [4.78, 5) is 11.4. The summed E-state index contributed by atoms with van der Waals surface area (Å²) in [5.41, 5.74) is -0.0999. The third-order valence-electron chi connectivity index (χ3n) is 1.99. The summed E-state index contributed by atoms with van der Waals surface area (Å²) < 4.78 is 4.63. The maximum atomic E-state index is 11.4. The van der Waals surface area contributed by atoms with Crippen LogP contribution in [0, 0.1) is 0 Å². The molecule has 74 valence electrons. The van der Waals surface area contributed by atoms with Gasteiger partial charge in [0.05, 0.1) is 13.1 Å². The SMILES string of the molecule is Cn1cnn(CCn2cccn2)c1=O. The molecule has 0 fully saturated rings. The molecule has 0 unspecified atom stereocenters. The Balaban J connectivity index is 2.06. The summed E-state index contributed by atoms with van der Waals surface area (Å²) in [6, 6.07) is 1.85. The van der Waals surface area contributed by atoms with Gasteiger partial charge in [0.2, 0.25) is 0 Å². The predicted molar refractivity (Wildman–Crippen MR) is 49.7 cm³/mol.